The number of ether oxygens (including phenoxy) is 4. The van der Waals surface area contributed by atoms with E-state index in [0.717, 1.165) is 55.2 Å². The lowest BCUT2D eigenvalue weighted by Crippen LogP contribution is -2.81. The predicted molar refractivity (Wildman–Crippen MR) is 151 cm³/mol. The van der Waals surface area contributed by atoms with E-state index in [1.165, 1.54) is 36.9 Å². The second-order valence-electron chi connectivity index (χ2n) is 13.0. The summed E-state index contributed by atoms with van der Waals surface area (Å²) in [5.41, 5.74) is 3.70. The molecule has 5 fully saturated rings. The Morgan fingerprint density at radius 3 is 2.69 bits per heavy atom. The lowest BCUT2D eigenvalue weighted by atomic mass is 9.35. The van der Waals surface area contributed by atoms with Gasteiger partial charge in [-0.2, -0.15) is 0 Å². The molecule has 6 unspecified atom stereocenters. The van der Waals surface area contributed by atoms with Gasteiger partial charge in [-0.05, 0) is 86.7 Å². The fraction of sp³-hybridized carbons (Fsp3) is 0.625. The van der Waals surface area contributed by atoms with Gasteiger partial charge in [0.2, 0.25) is 0 Å². The second kappa shape index (κ2) is 8.75. The van der Waals surface area contributed by atoms with Gasteiger partial charge in [0.15, 0.2) is 11.5 Å². The smallest absolute Gasteiger partial charge is 0.165 e. The first kappa shape index (κ1) is 25.2. The maximum absolute atomic E-state index is 7.12. The Morgan fingerprint density at radius 2 is 1.92 bits per heavy atom. The molecule has 2 spiro atoms. The maximum Gasteiger partial charge on any atom is 0.165 e. The standard InChI is InChI=1S/C32H37Cl2NO4/c1-36-25-8-6-21-14-26-30-9-10-32(37-2,22(15-30)18-38-17-20-5-7-23(33)24(34)13-20)29-31(30,27(21)28(25)39-29)11-12-35(26)16-19-3-4-19/h5-8,13,19,22,26,29H,3-4,9-12,14-18H2,1-2H3. The van der Waals surface area contributed by atoms with Crippen molar-refractivity contribution >= 4 is 23.2 Å². The van der Waals surface area contributed by atoms with E-state index in [1.807, 2.05) is 25.3 Å². The van der Waals surface area contributed by atoms with Crippen molar-refractivity contribution in [1.82, 2.24) is 4.90 Å². The van der Waals surface area contributed by atoms with Crippen molar-refractivity contribution < 1.29 is 18.9 Å². The molecule has 39 heavy (non-hydrogen) atoms. The van der Waals surface area contributed by atoms with Crippen LogP contribution in [0.4, 0.5) is 0 Å². The first-order valence-electron chi connectivity index (χ1n) is 14.6. The highest BCUT2D eigenvalue weighted by Crippen LogP contribution is 2.76. The molecule has 7 heteroatoms. The molecule has 0 N–H and O–H groups in total. The fourth-order valence-electron chi connectivity index (χ4n) is 9.84. The van der Waals surface area contributed by atoms with Gasteiger partial charge < -0.3 is 18.9 Å². The Morgan fingerprint density at radius 1 is 1.05 bits per heavy atom. The minimum absolute atomic E-state index is 0.0213. The molecular weight excluding hydrogens is 533 g/mol. The predicted octanol–water partition coefficient (Wildman–Crippen LogP) is 6.44. The van der Waals surface area contributed by atoms with Gasteiger partial charge in [0.05, 0.1) is 30.4 Å². The van der Waals surface area contributed by atoms with Crippen LogP contribution in [0.5, 0.6) is 11.5 Å². The average Bonchev–Trinajstić information content (AvgIpc) is 3.69. The van der Waals surface area contributed by atoms with Crippen LogP contribution >= 0.6 is 23.2 Å². The Kier molecular flexibility index (Phi) is 5.66. The van der Waals surface area contributed by atoms with Crippen LogP contribution in [-0.2, 0) is 27.9 Å². The normalized spacial score (nSPS) is 37.5. The zero-order valence-electron chi connectivity index (χ0n) is 22.8. The molecule has 2 aromatic rings. The molecule has 5 nitrogen and oxygen atoms in total. The topological polar surface area (TPSA) is 40.2 Å². The Labute approximate surface area is 241 Å². The zero-order chi connectivity index (χ0) is 26.6. The van der Waals surface area contributed by atoms with E-state index in [4.69, 9.17) is 42.1 Å². The molecule has 6 atom stereocenters. The number of piperidine rings is 1. The van der Waals surface area contributed by atoms with E-state index in [-0.39, 0.29) is 28.5 Å². The summed E-state index contributed by atoms with van der Waals surface area (Å²) in [6.07, 6.45) is 8.31. The van der Waals surface area contributed by atoms with Crippen LogP contribution in [0.2, 0.25) is 10.0 Å². The molecule has 4 saturated carbocycles. The number of rotatable bonds is 8. The quantitative estimate of drug-likeness (QED) is 0.365. The first-order valence-corrected chi connectivity index (χ1v) is 15.4. The Hall–Kier alpha value is -1.50. The third kappa shape index (κ3) is 3.26. The zero-order valence-corrected chi connectivity index (χ0v) is 24.3. The van der Waals surface area contributed by atoms with Crippen LogP contribution in [0.1, 0.15) is 55.2 Å². The lowest BCUT2D eigenvalue weighted by molar-refractivity contribution is -0.283. The van der Waals surface area contributed by atoms with Crippen LogP contribution in [0, 0.1) is 17.3 Å². The van der Waals surface area contributed by atoms with Crippen molar-refractivity contribution in [2.75, 3.05) is 33.9 Å². The number of methoxy groups -OCH3 is 2. The number of hydrogen-bond donors (Lipinski definition) is 0. The monoisotopic (exact) mass is 569 g/mol. The van der Waals surface area contributed by atoms with Crippen LogP contribution in [0.15, 0.2) is 30.3 Å². The van der Waals surface area contributed by atoms with Crippen molar-refractivity contribution in [1.29, 1.82) is 0 Å². The van der Waals surface area contributed by atoms with Crippen LogP contribution in [0.25, 0.3) is 0 Å². The molecule has 9 rings (SSSR count). The Balaban J connectivity index is 1.19. The first-order chi connectivity index (χ1) is 19.0. The minimum atomic E-state index is -0.388. The molecule has 2 aliphatic heterocycles. The summed E-state index contributed by atoms with van der Waals surface area (Å²) in [4.78, 5) is 2.88. The number of halogens is 2. The largest absolute Gasteiger partial charge is 0.493 e. The molecule has 208 valence electrons. The van der Waals surface area contributed by atoms with Gasteiger partial charge >= 0.3 is 0 Å². The summed E-state index contributed by atoms with van der Waals surface area (Å²) >= 11 is 12.4. The lowest BCUT2D eigenvalue weighted by Gasteiger charge is -2.74. The van der Waals surface area contributed by atoms with Gasteiger partial charge in [0.25, 0.3) is 0 Å². The highest BCUT2D eigenvalue weighted by Gasteiger charge is 2.80. The number of nitrogens with zero attached hydrogens (tertiary/aromatic N) is 1. The van der Waals surface area contributed by atoms with E-state index in [0.29, 0.717) is 29.3 Å². The summed E-state index contributed by atoms with van der Waals surface area (Å²) in [6, 6.07) is 10.7. The van der Waals surface area contributed by atoms with Crippen LogP contribution in [0.3, 0.4) is 0 Å². The third-order valence-corrected chi connectivity index (χ3v) is 12.3. The van der Waals surface area contributed by atoms with Crippen LogP contribution < -0.4 is 9.47 Å². The van der Waals surface area contributed by atoms with E-state index in [1.54, 1.807) is 7.11 Å². The highest BCUT2D eigenvalue weighted by atomic mass is 35.5. The molecule has 5 aliphatic carbocycles. The van der Waals surface area contributed by atoms with Gasteiger partial charge in [0, 0.05) is 42.0 Å². The van der Waals surface area contributed by atoms with Crippen molar-refractivity contribution in [2.45, 2.75) is 74.7 Å². The van der Waals surface area contributed by atoms with Gasteiger partial charge in [-0.3, -0.25) is 4.90 Å². The molecule has 0 aromatic heterocycles. The number of fused-ring (bicyclic) bond motifs is 2. The fourth-order valence-corrected chi connectivity index (χ4v) is 10.2. The van der Waals surface area contributed by atoms with Crippen molar-refractivity contribution in [3.63, 3.8) is 0 Å². The molecule has 0 amide bonds. The third-order valence-electron chi connectivity index (χ3n) is 11.6. The van der Waals surface area contributed by atoms with Crippen molar-refractivity contribution in [2.24, 2.45) is 17.3 Å². The van der Waals surface area contributed by atoms with Gasteiger partial charge in [-0.1, -0.05) is 35.3 Å². The van der Waals surface area contributed by atoms with Crippen LogP contribution in [-0.4, -0.2) is 56.6 Å². The molecule has 1 saturated heterocycles. The summed E-state index contributed by atoms with van der Waals surface area (Å²) in [7, 11) is 3.66. The molecular formula is C32H37Cl2NO4. The van der Waals surface area contributed by atoms with E-state index in [9.17, 15) is 0 Å². The van der Waals surface area contributed by atoms with Gasteiger partial charge in [0.1, 0.15) is 11.7 Å². The molecule has 2 aromatic carbocycles. The molecule has 2 heterocycles. The number of likely N-dealkylation sites (tertiary alicyclic amines) is 1. The van der Waals surface area contributed by atoms with Crippen molar-refractivity contribution in [3.8, 4) is 11.5 Å². The summed E-state index contributed by atoms with van der Waals surface area (Å²) in [6.45, 7) is 3.55. The Bertz CT molecular complexity index is 1330. The number of hydrogen-bond acceptors (Lipinski definition) is 5. The van der Waals surface area contributed by atoms with Gasteiger partial charge in [-0.25, -0.2) is 0 Å². The minimum Gasteiger partial charge on any atom is -0.493 e. The van der Waals surface area contributed by atoms with E-state index in [2.05, 4.69) is 17.0 Å². The maximum atomic E-state index is 7.12. The van der Waals surface area contributed by atoms with E-state index < -0.39 is 0 Å². The molecule has 7 aliphatic rings. The summed E-state index contributed by atoms with van der Waals surface area (Å²) in [5, 5.41) is 1.14. The van der Waals surface area contributed by atoms with Gasteiger partial charge in [-0.15, -0.1) is 0 Å². The highest BCUT2D eigenvalue weighted by molar-refractivity contribution is 6.42. The number of benzene rings is 2. The second-order valence-corrected chi connectivity index (χ2v) is 13.8. The SMILES string of the molecule is COc1ccc2c3c1OC1C4(OC)CCC5(CC4COCc4ccc(Cl)c(Cl)c4)C(C2)N(CC2CC2)CCC315. The molecule has 4 bridgehead atoms. The van der Waals surface area contributed by atoms with Crippen molar-refractivity contribution in [3.05, 3.63) is 57.1 Å². The molecule has 0 radical (unpaired) electrons. The summed E-state index contributed by atoms with van der Waals surface area (Å²) < 4.78 is 26.1. The average molecular weight is 571 g/mol. The summed E-state index contributed by atoms with van der Waals surface area (Å²) in [5.74, 6) is 2.99. The van der Waals surface area contributed by atoms with E-state index >= 15 is 0 Å².